The minimum atomic E-state index is 0.534. The van der Waals surface area contributed by atoms with Gasteiger partial charge in [-0.3, -0.25) is 0 Å². The average Bonchev–Trinajstić information content (AvgIpc) is 2.46. The minimum Gasteiger partial charge on any atom is -0.398 e. The van der Waals surface area contributed by atoms with Crippen molar-refractivity contribution in [2.45, 2.75) is 13.3 Å². The van der Waals surface area contributed by atoms with Crippen molar-refractivity contribution in [2.75, 3.05) is 17.2 Å². The number of rotatable bonds is 1. The smallest absolute Gasteiger partial charge is 0.101 e. The van der Waals surface area contributed by atoms with Crippen molar-refractivity contribution in [1.29, 1.82) is 5.26 Å². The van der Waals surface area contributed by atoms with Gasteiger partial charge in [-0.2, -0.15) is 5.26 Å². The largest absolute Gasteiger partial charge is 0.398 e. The molecule has 1 unspecified atom stereocenters. The van der Waals surface area contributed by atoms with E-state index in [2.05, 4.69) is 42.2 Å². The van der Waals surface area contributed by atoms with Crippen LogP contribution in [0.25, 0.3) is 0 Å². The van der Waals surface area contributed by atoms with Gasteiger partial charge >= 0.3 is 0 Å². The highest BCUT2D eigenvalue weighted by atomic mass is 15.1. The molecule has 0 aliphatic carbocycles. The number of nitrogens with two attached hydrogens (primary N) is 1. The number of hydrogen-bond acceptors (Lipinski definition) is 3. The summed E-state index contributed by atoms with van der Waals surface area (Å²) in [6.07, 6.45) is 1.11. The van der Waals surface area contributed by atoms with Crippen LogP contribution in [0, 0.1) is 17.2 Å². The summed E-state index contributed by atoms with van der Waals surface area (Å²) >= 11 is 0. The molecule has 0 saturated heterocycles. The van der Waals surface area contributed by atoms with E-state index in [1.165, 1.54) is 11.3 Å². The lowest BCUT2D eigenvalue weighted by molar-refractivity contribution is 0.562. The van der Waals surface area contributed by atoms with Gasteiger partial charge in [-0.1, -0.05) is 25.1 Å². The van der Waals surface area contributed by atoms with E-state index in [1.54, 1.807) is 6.07 Å². The second-order valence-electron chi connectivity index (χ2n) is 5.43. The predicted octanol–water partition coefficient (Wildman–Crippen LogP) is 3.47. The molecule has 0 radical (unpaired) electrons. The molecule has 0 bridgehead atoms. The minimum absolute atomic E-state index is 0.534. The number of nitrogens with zero attached hydrogens (tertiary/aromatic N) is 2. The second-order valence-corrected chi connectivity index (χ2v) is 5.43. The van der Waals surface area contributed by atoms with Gasteiger partial charge in [0.15, 0.2) is 0 Å². The Morgan fingerprint density at radius 3 is 2.80 bits per heavy atom. The van der Waals surface area contributed by atoms with Gasteiger partial charge < -0.3 is 10.6 Å². The third-order valence-electron chi connectivity index (χ3n) is 3.81. The van der Waals surface area contributed by atoms with Crippen LogP contribution in [-0.2, 0) is 6.42 Å². The molecule has 100 valence electrons. The zero-order valence-corrected chi connectivity index (χ0v) is 11.5. The summed E-state index contributed by atoms with van der Waals surface area (Å²) in [7, 11) is 0. The topological polar surface area (TPSA) is 53.0 Å². The first-order valence-electron chi connectivity index (χ1n) is 6.84. The van der Waals surface area contributed by atoms with Gasteiger partial charge in [0, 0.05) is 17.9 Å². The number of para-hydroxylation sites is 1. The first-order valence-corrected chi connectivity index (χ1v) is 6.84. The van der Waals surface area contributed by atoms with Crippen LogP contribution in [-0.4, -0.2) is 6.54 Å². The van der Waals surface area contributed by atoms with Gasteiger partial charge in [-0.15, -0.1) is 0 Å². The third-order valence-corrected chi connectivity index (χ3v) is 3.81. The molecular weight excluding hydrogens is 246 g/mol. The molecule has 3 rings (SSSR count). The lowest BCUT2D eigenvalue weighted by atomic mass is 9.93. The molecule has 0 amide bonds. The monoisotopic (exact) mass is 263 g/mol. The van der Waals surface area contributed by atoms with Crippen LogP contribution >= 0.6 is 0 Å². The molecule has 1 heterocycles. The SMILES string of the molecule is CC1Cc2ccccc2N(c2ccc(C#N)c(N)c2)C1. The van der Waals surface area contributed by atoms with Crippen molar-refractivity contribution in [2.24, 2.45) is 5.92 Å². The fourth-order valence-electron chi connectivity index (χ4n) is 2.86. The van der Waals surface area contributed by atoms with E-state index in [9.17, 15) is 0 Å². The maximum absolute atomic E-state index is 8.98. The van der Waals surface area contributed by atoms with Gasteiger partial charge in [-0.05, 0) is 42.2 Å². The Kier molecular flexibility index (Phi) is 3.08. The molecule has 2 N–H and O–H groups in total. The number of hydrogen-bond donors (Lipinski definition) is 1. The van der Waals surface area contributed by atoms with Crippen LogP contribution < -0.4 is 10.6 Å². The van der Waals surface area contributed by atoms with Crippen molar-refractivity contribution in [3.8, 4) is 6.07 Å². The summed E-state index contributed by atoms with van der Waals surface area (Å²) in [5.74, 6) is 0.599. The van der Waals surface area contributed by atoms with Crippen molar-refractivity contribution in [1.82, 2.24) is 0 Å². The highest BCUT2D eigenvalue weighted by Gasteiger charge is 2.22. The molecule has 2 aromatic carbocycles. The normalized spacial score (nSPS) is 17.4. The number of nitrogen functional groups attached to an aromatic ring is 1. The Morgan fingerprint density at radius 1 is 1.25 bits per heavy atom. The van der Waals surface area contributed by atoms with Crippen LogP contribution in [0.1, 0.15) is 18.1 Å². The summed E-state index contributed by atoms with van der Waals surface area (Å²) in [5, 5.41) is 8.98. The number of benzene rings is 2. The zero-order valence-electron chi connectivity index (χ0n) is 11.5. The summed E-state index contributed by atoms with van der Waals surface area (Å²) in [5.41, 5.74) is 10.7. The van der Waals surface area contributed by atoms with Gasteiger partial charge in [0.25, 0.3) is 0 Å². The van der Waals surface area contributed by atoms with Gasteiger partial charge in [0.05, 0.1) is 11.3 Å². The van der Waals surface area contributed by atoms with E-state index in [0.717, 1.165) is 18.7 Å². The molecule has 0 saturated carbocycles. The number of fused-ring (bicyclic) bond motifs is 1. The lowest BCUT2D eigenvalue weighted by Gasteiger charge is -2.35. The highest BCUT2D eigenvalue weighted by molar-refractivity contribution is 5.72. The van der Waals surface area contributed by atoms with Crippen molar-refractivity contribution in [3.05, 3.63) is 53.6 Å². The van der Waals surface area contributed by atoms with Gasteiger partial charge in [-0.25, -0.2) is 0 Å². The first-order chi connectivity index (χ1) is 9.69. The van der Waals surface area contributed by atoms with Crippen LogP contribution in [0.3, 0.4) is 0 Å². The molecule has 1 atom stereocenters. The van der Waals surface area contributed by atoms with E-state index in [-0.39, 0.29) is 0 Å². The number of nitriles is 1. The predicted molar refractivity (Wildman–Crippen MR) is 81.9 cm³/mol. The van der Waals surface area contributed by atoms with Crippen LogP contribution in [0.15, 0.2) is 42.5 Å². The molecule has 0 fully saturated rings. The van der Waals surface area contributed by atoms with Crippen molar-refractivity contribution in [3.63, 3.8) is 0 Å². The quantitative estimate of drug-likeness (QED) is 0.801. The summed E-state index contributed by atoms with van der Waals surface area (Å²) in [6, 6.07) is 16.3. The summed E-state index contributed by atoms with van der Waals surface area (Å²) < 4.78 is 0. The number of anilines is 3. The molecule has 1 aliphatic rings. The van der Waals surface area contributed by atoms with Crippen LogP contribution in [0.4, 0.5) is 17.1 Å². The molecule has 2 aromatic rings. The Bertz CT molecular complexity index is 685. The van der Waals surface area contributed by atoms with E-state index < -0.39 is 0 Å². The molecule has 3 nitrogen and oxygen atoms in total. The second kappa shape index (κ2) is 4.90. The lowest BCUT2D eigenvalue weighted by Crippen LogP contribution is -2.30. The highest BCUT2D eigenvalue weighted by Crippen LogP contribution is 2.36. The van der Waals surface area contributed by atoms with Crippen molar-refractivity contribution < 1.29 is 0 Å². The Hall–Kier alpha value is -2.47. The van der Waals surface area contributed by atoms with E-state index in [1.807, 2.05) is 12.1 Å². The average molecular weight is 263 g/mol. The molecular formula is C17H17N3. The van der Waals surface area contributed by atoms with Crippen LogP contribution in [0.5, 0.6) is 0 Å². The first kappa shape index (κ1) is 12.6. The van der Waals surface area contributed by atoms with Crippen molar-refractivity contribution >= 4 is 17.1 Å². The summed E-state index contributed by atoms with van der Waals surface area (Å²) in [6.45, 7) is 3.23. The standard InChI is InChI=1S/C17H17N3/c1-12-8-13-4-2-3-5-17(13)20(11-12)15-7-6-14(10-18)16(19)9-15/h2-7,9,12H,8,11,19H2,1H3. The maximum atomic E-state index is 8.98. The van der Waals surface area contributed by atoms with E-state index in [0.29, 0.717) is 17.2 Å². The Balaban J connectivity index is 2.06. The molecule has 20 heavy (non-hydrogen) atoms. The maximum Gasteiger partial charge on any atom is 0.101 e. The zero-order chi connectivity index (χ0) is 14.1. The van der Waals surface area contributed by atoms with Gasteiger partial charge in [0.1, 0.15) is 6.07 Å². The molecule has 3 heteroatoms. The van der Waals surface area contributed by atoms with E-state index in [4.69, 9.17) is 11.0 Å². The fourth-order valence-corrected chi connectivity index (χ4v) is 2.86. The molecule has 1 aliphatic heterocycles. The Morgan fingerprint density at radius 2 is 2.05 bits per heavy atom. The summed E-state index contributed by atoms with van der Waals surface area (Å²) in [4.78, 5) is 2.29. The van der Waals surface area contributed by atoms with Gasteiger partial charge in [0.2, 0.25) is 0 Å². The third kappa shape index (κ3) is 2.10. The van der Waals surface area contributed by atoms with Crippen LogP contribution in [0.2, 0.25) is 0 Å². The molecule has 0 aromatic heterocycles. The fraction of sp³-hybridized carbons (Fsp3) is 0.235. The molecule has 0 spiro atoms. The Labute approximate surface area is 119 Å². The van der Waals surface area contributed by atoms with E-state index >= 15 is 0 Å².